The number of hydrogen-bond acceptors (Lipinski definition) is 3. The first-order valence-electron chi connectivity index (χ1n) is 9.17. The Hall–Kier alpha value is -2.66. The van der Waals surface area contributed by atoms with Crippen LogP contribution in [0.5, 0.6) is 0 Å². The predicted molar refractivity (Wildman–Crippen MR) is 101 cm³/mol. The molecule has 1 atom stereocenters. The molecule has 3 aromatic rings. The van der Waals surface area contributed by atoms with E-state index in [1.54, 1.807) is 0 Å². The van der Waals surface area contributed by atoms with Crippen LogP contribution in [-0.2, 0) is 16.0 Å². The Labute approximate surface area is 153 Å². The second kappa shape index (κ2) is 7.70. The van der Waals surface area contributed by atoms with E-state index in [9.17, 15) is 4.79 Å². The van der Waals surface area contributed by atoms with Crippen LogP contribution < -0.4 is 0 Å². The first kappa shape index (κ1) is 16.8. The number of H-pyrrole nitrogens is 1. The molecule has 0 aliphatic carbocycles. The standard InChI is InChI=1S/C21H23N3O2/c25-21(12-6-11-20-22-17-9-4-5-10-18(17)23-20)24-13-14-26-19(15-24)16-7-2-1-3-8-16/h1-5,7-10,19H,6,11-15H2,(H,22,23). The minimum absolute atomic E-state index is 0.0238. The normalized spacial score (nSPS) is 17.5. The molecule has 2 heterocycles. The molecule has 4 rings (SSSR count). The van der Waals surface area contributed by atoms with Gasteiger partial charge in [-0.25, -0.2) is 4.98 Å². The zero-order chi connectivity index (χ0) is 17.8. The van der Waals surface area contributed by atoms with Crippen molar-refractivity contribution in [2.24, 2.45) is 0 Å². The van der Waals surface area contributed by atoms with Gasteiger partial charge >= 0.3 is 0 Å². The van der Waals surface area contributed by atoms with Gasteiger partial charge in [0.2, 0.25) is 5.91 Å². The summed E-state index contributed by atoms with van der Waals surface area (Å²) < 4.78 is 5.84. The number of imidazole rings is 1. The minimum atomic E-state index is -0.0238. The lowest BCUT2D eigenvalue weighted by molar-refractivity contribution is -0.139. The van der Waals surface area contributed by atoms with Gasteiger partial charge in [0.05, 0.1) is 24.2 Å². The highest BCUT2D eigenvalue weighted by atomic mass is 16.5. The molecule has 1 aliphatic rings. The van der Waals surface area contributed by atoms with Gasteiger partial charge in [0, 0.05) is 19.4 Å². The number of fused-ring (bicyclic) bond motifs is 1. The summed E-state index contributed by atoms with van der Waals surface area (Å²) in [6.07, 6.45) is 2.10. The number of aromatic amines is 1. The number of benzene rings is 2. The summed E-state index contributed by atoms with van der Waals surface area (Å²) in [5, 5.41) is 0. The van der Waals surface area contributed by atoms with Gasteiger partial charge in [-0.15, -0.1) is 0 Å². The summed E-state index contributed by atoms with van der Waals surface area (Å²) in [5.74, 6) is 1.15. The number of nitrogens with one attached hydrogen (secondary N) is 1. The lowest BCUT2D eigenvalue weighted by Gasteiger charge is -2.33. The third-order valence-electron chi connectivity index (χ3n) is 4.83. The fraction of sp³-hybridized carbons (Fsp3) is 0.333. The van der Waals surface area contributed by atoms with Gasteiger partial charge < -0.3 is 14.6 Å². The second-order valence-corrected chi connectivity index (χ2v) is 6.66. The van der Waals surface area contributed by atoms with Crippen molar-refractivity contribution in [2.45, 2.75) is 25.4 Å². The molecule has 1 fully saturated rings. The molecule has 1 aromatic heterocycles. The number of aromatic nitrogens is 2. The summed E-state index contributed by atoms with van der Waals surface area (Å²) in [7, 11) is 0. The fourth-order valence-corrected chi connectivity index (χ4v) is 3.43. The van der Waals surface area contributed by atoms with Crippen LogP contribution in [0.4, 0.5) is 0 Å². The number of aryl methyl sites for hydroxylation is 1. The van der Waals surface area contributed by atoms with Gasteiger partial charge in [-0.05, 0) is 24.1 Å². The van der Waals surface area contributed by atoms with E-state index in [0.717, 1.165) is 35.3 Å². The van der Waals surface area contributed by atoms with E-state index in [4.69, 9.17) is 4.74 Å². The van der Waals surface area contributed by atoms with Crippen molar-refractivity contribution in [3.63, 3.8) is 0 Å². The molecular formula is C21H23N3O2. The molecule has 2 aromatic carbocycles. The Morgan fingerprint density at radius 1 is 1.15 bits per heavy atom. The quantitative estimate of drug-likeness (QED) is 0.767. The Morgan fingerprint density at radius 2 is 1.96 bits per heavy atom. The van der Waals surface area contributed by atoms with Gasteiger partial charge in [0.1, 0.15) is 11.9 Å². The van der Waals surface area contributed by atoms with Gasteiger partial charge in [-0.1, -0.05) is 42.5 Å². The Kier molecular flexibility index (Phi) is 4.97. The molecule has 0 bridgehead atoms. The Balaban J connectivity index is 1.30. The van der Waals surface area contributed by atoms with Crippen molar-refractivity contribution >= 4 is 16.9 Å². The molecule has 0 saturated carbocycles. The third-order valence-corrected chi connectivity index (χ3v) is 4.83. The molecule has 1 amide bonds. The van der Waals surface area contributed by atoms with Crippen LogP contribution in [0.25, 0.3) is 11.0 Å². The summed E-state index contributed by atoms with van der Waals surface area (Å²) >= 11 is 0. The molecule has 0 spiro atoms. The maximum absolute atomic E-state index is 12.6. The van der Waals surface area contributed by atoms with Crippen molar-refractivity contribution in [3.05, 3.63) is 66.0 Å². The highest BCUT2D eigenvalue weighted by Crippen LogP contribution is 2.22. The van der Waals surface area contributed by atoms with Crippen molar-refractivity contribution in [2.75, 3.05) is 19.7 Å². The molecule has 1 saturated heterocycles. The molecule has 0 radical (unpaired) electrons. The number of morpholine rings is 1. The largest absolute Gasteiger partial charge is 0.370 e. The van der Waals surface area contributed by atoms with Crippen LogP contribution in [0, 0.1) is 0 Å². The van der Waals surface area contributed by atoms with Crippen LogP contribution in [0.3, 0.4) is 0 Å². The predicted octanol–water partition coefficient (Wildman–Crippen LogP) is 3.49. The van der Waals surface area contributed by atoms with Crippen molar-refractivity contribution in [1.82, 2.24) is 14.9 Å². The average Bonchev–Trinajstić information content (AvgIpc) is 3.11. The minimum Gasteiger partial charge on any atom is -0.370 e. The first-order chi connectivity index (χ1) is 12.8. The van der Waals surface area contributed by atoms with E-state index >= 15 is 0 Å². The smallest absolute Gasteiger partial charge is 0.222 e. The van der Waals surface area contributed by atoms with Crippen molar-refractivity contribution in [1.29, 1.82) is 0 Å². The summed E-state index contributed by atoms with van der Waals surface area (Å²) in [6.45, 7) is 1.90. The van der Waals surface area contributed by atoms with Gasteiger partial charge in [0.25, 0.3) is 0 Å². The van der Waals surface area contributed by atoms with E-state index < -0.39 is 0 Å². The number of carbonyl (C=O) groups is 1. The monoisotopic (exact) mass is 349 g/mol. The molecule has 5 nitrogen and oxygen atoms in total. The first-order valence-corrected chi connectivity index (χ1v) is 9.17. The van der Waals surface area contributed by atoms with Gasteiger partial charge in [0.15, 0.2) is 0 Å². The number of rotatable bonds is 5. The number of carbonyl (C=O) groups excluding carboxylic acids is 1. The van der Waals surface area contributed by atoms with Crippen LogP contribution >= 0.6 is 0 Å². The zero-order valence-electron chi connectivity index (χ0n) is 14.7. The van der Waals surface area contributed by atoms with Crippen LogP contribution in [-0.4, -0.2) is 40.5 Å². The van der Waals surface area contributed by atoms with E-state index in [1.807, 2.05) is 47.4 Å². The van der Waals surface area contributed by atoms with Crippen molar-refractivity contribution < 1.29 is 9.53 Å². The van der Waals surface area contributed by atoms with Crippen LogP contribution in [0.15, 0.2) is 54.6 Å². The zero-order valence-corrected chi connectivity index (χ0v) is 14.7. The van der Waals surface area contributed by atoms with Crippen LogP contribution in [0.2, 0.25) is 0 Å². The summed E-state index contributed by atoms with van der Waals surface area (Å²) in [5.41, 5.74) is 3.16. The Bertz CT molecular complexity index is 842. The number of para-hydroxylation sites is 2. The molecule has 5 heteroatoms. The molecule has 26 heavy (non-hydrogen) atoms. The van der Waals surface area contributed by atoms with E-state index in [-0.39, 0.29) is 12.0 Å². The maximum atomic E-state index is 12.6. The van der Waals surface area contributed by atoms with E-state index in [2.05, 4.69) is 22.1 Å². The lowest BCUT2D eigenvalue weighted by Crippen LogP contribution is -2.42. The van der Waals surface area contributed by atoms with Crippen LogP contribution in [0.1, 0.15) is 30.3 Å². The number of ether oxygens (including phenoxy) is 1. The topological polar surface area (TPSA) is 58.2 Å². The highest BCUT2D eigenvalue weighted by molar-refractivity contribution is 5.76. The number of nitrogens with zero attached hydrogens (tertiary/aromatic N) is 2. The van der Waals surface area contributed by atoms with E-state index in [0.29, 0.717) is 26.1 Å². The fourth-order valence-electron chi connectivity index (χ4n) is 3.43. The third kappa shape index (κ3) is 3.78. The average molecular weight is 349 g/mol. The van der Waals surface area contributed by atoms with Crippen molar-refractivity contribution in [3.8, 4) is 0 Å². The Morgan fingerprint density at radius 3 is 2.81 bits per heavy atom. The van der Waals surface area contributed by atoms with Gasteiger partial charge in [-0.3, -0.25) is 4.79 Å². The maximum Gasteiger partial charge on any atom is 0.222 e. The van der Waals surface area contributed by atoms with E-state index in [1.165, 1.54) is 0 Å². The molecule has 134 valence electrons. The second-order valence-electron chi connectivity index (χ2n) is 6.66. The number of hydrogen-bond donors (Lipinski definition) is 1. The SMILES string of the molecule is O=C(CCCc1nc2ccccc2[nH]1)N1CCOC(c2ccccc2)C1. The summed E-state index contributed by atoms with van der Waals surface area (Å²) in [6, 6.07) is 18.1. The molecule has 1 aliphatic heterocycles. The lowest BCUT2D eigenvalue weighted by atomic mass is 10.1. The van der Waals surface area contributed by atoms with Gasteiger partial charge in [-0.2, -0.15) is 0 Å². The highest BCUT2D eigenvalue weighted by Gasteiger charge is 2.24. The number of amides is 1. The molecule has 1 unspecified atom stereocenters. The molecule has 1 N–H and O–H groups in total. The molecular weight excluding hydrogens is 326 g/mol. The summed E-state index contributed by atoms with van der Waals surface area (Å²) in [4.78, 5) is 22.4.